The maximum absolute atomic E-state index is 12.3. The predicted octanol–water partition coefficient (Wildman–Crippen LogP) is 1.74. The number of thioether (sulfide) groups is 1. The van der Waals surface area contributed by atoms with Crippen molar-refractivity contribution in [3.8, 4) is 6.07 Å². The Morgan fingerprint density at radius 3 is 2.95 bits per heavy atom. The van der Waals surface area contributed by atoms with Gasteiger partial charge in [0.25, 0.3) is 0 Å². The molecule has 0 aliphatic carbocycles. The molecule has 0 aromatic carbocycles. The summed E-state index contributed by atoms with van der Waals surface area (Å²) in [5.41, 5.74) is 0.592. The summed E-state index contributed by atoms with van der Waals surface area (Å²) in [5.74, 6) is 0.929. The highest BCUT2D eigenvalue weighted by molar-refractivity contribution is 7.99. The van der Waals surface area contributed by atoms with Crippen molar-refractivity contribution in [2.45, 2.75) is 18.6 Å². The number of pyridine rings is 1. The molecule has 0 radical (unpaired) electrons. The molecular formula is C15H20N4OS. The number of rotatable bonds is 3. The Morgan fingerprint density at radius 2 is 2.24 bits per heavy atom. The van der Waals surface area contributed by atoms with Gasteiger partial charge in [0.15, 0.2) is 0 Å². The molecule has 21 heavy (non-hydrogen) atoms. The van der Waals surface area contributed by atoms with Gasteiger partial charge in [-0.1, -0.05) is 0 Å². The molecule has 6 heteroatoms. The Balaban J connectivity index is 2.08. The van der Waals surface area contributed by atoms with Crippen LogP contribution in [-0.4, -0.2) is 53.5 Å². The lowest BCUT2D eigenvalue weighted by molar-refractivity contribution is -0.130. The number of nitriles is 1. The summed E-state index contributed by atoms with van der Waals surface area (Å²) in [6, 6.07) is 5.74. The molecule has 1 unspecified atom stereocenters. The lowest BCUT2D eigenvalue weighted by Crippen LogP contribution is -2.39. The monoisotopic (exact) mass is 304 g/mol. The van der Waals surface area contributed by atoms with Crippen LogP contribution >= 0.6 is 11.8 Å². The van der Waals surface area contributed by atoms with Crippen LogP contribution in [-0.2, 0) is 4.79 Å². The molecule has 2 heterocycles. The fraction of sp³-hybridized carbons (Fsp3) is 0.533. The average Bonchev–Trinajstić information content (AvgIpc) is 2.79. The van der Waals surface area contributed by atoms with E-state index in [1.54, 1.807) is 30.1 Å². The van der Waals surface area contributed by atoms with Gasteiger partial charge in [-0.15, -0.1) is 0 Å². The fourth-order valence-corrected chi connectivity index (χ4v) is 2.79. The molecule has 0 bridgehead atoms. The lowest BCUT2D eigenvalue weighted by atomic mass is 10.2. The van der Waals surface area contributed by atoms with E-state index in [0.29, 0.717) is 12.1 Å². The van der Waals surface area contributed by atoms with Gasteiger partial charge in [-0.3, -0.25) is 4.79 Å². The fourth-order valence-electron chi connectivity index (χ4n) is 2.44. The maximum Gasteiger partial charge on any atom is 0.235 e. The largest absolute Gasteiger partial charge is 0.354 e. The third-order valence-electron chi connectivity index (χ3n) is 3.72. The average molecular weight is 304 g/mol. The van der Waals surface area contributed by atoms with Crippen LogP contribution < -0.4 is 4.90 Å². The van der Waals surface area contributed by atoms with Crippen molar-refractivity contribution in [3.05, 3.63) is 23.9 Å². The van der Waals surface area contributed by atoms with Crippen LogP contribution in [0.2, 0.25) is 0 Å². The van der Waals surface area contributed by atoms with Gasteiger partial charge in [0, 0.05) is 32.4 Å². The Bertz CT molecular complexity index is 543. The molecule has 2 rings (SSSR count). The van der Waals surface area contributed by atoms with Crippen LogP contribution in [0.1, 0.15) is 18.9 Å². The van der Waals surface area contributed by atoms with Crippen molar-refractivity contribution in [3.63, 3.8) is 0 Å². The summed E-state index contributed by atoms with van der Waals surface area (Å²) >= 11 is 1.58. The van der Waals surface area contributed by atoms with Crippen molar-refractivity contribution in [1.82, 2.24) is 9.88 Å². The van der Waals surface area contributed by atoms with Gasteiger partial charge >= 0.3 is 0 Å². The van der Waals surface area contributed by atoms with E-state index in [2.05, 4.69) is 16.0 Å². The normalized spacial score (nSPS) is 17.0. The standard InChI is InChI=1S/C15H20N4OS/c1-12(21-2)15(20)19-8-4-7-18(9-10-19)14-13(11-16)5-3-6-17-14/h3,5-6,12H,4,7-10H2,1-2H3. The molecule has 1 aliphatic rings. The van der Waals surface area contributed by atoms with Crippen LogP contribution in [0.5, 0.6) is 0 Å². The molecule has 1 aromatic heterocycles. The molecule has 1 fully saturated rings. The molecule has 1 saturated heterocycles. The second-order valence-electron chi connectivity index (χ2n) is 5.03. The van der Waals surface area contributed by atoms with Gasteiger partial charge in [-0.2, -0.15) is 17.0 Å². The molecule has 1 aromatic rings. The first-order valence-electron chi connectivity index (χ1n) is 7.09. The minimum absolute atomic E-state index is 0.000990. The van der Waals surface area contributed by atoms with E-state index in [-0.39, 0.29) is 11.2 Å². The van der Waals surface area contributed by atoms with Gasteiger partial charge < -0.3 is 9.80 Å². The van der Waals surface area contributed by atoms with Gasteiger partial charge in [0.05, 0.1) is 10.8 Å². The third-order valence-corrected chi connectivity index (χ3v) is 4.62. The highest BCUT2D eigenvalue weighted by Crippen LogP contribution is 2.19. The Labute approximate surface area is 129 Å². The summed E-state index contributed by atoms with van der Waals surface area (Å²) in [6.07, 6.45) is 4.56. The van der Waals surface area contributed by atoms with Gasteiger partial charge in [0.2, 0.25) is 5.91 Å². The first-order valence-corrected chi connectivity index (χ1v) is 8.37. The second-order valence-corrected chi connectivity index (χ2v) is 6.21. The zero-order valence-electron chi connectivity index (χ0n) is 12.5. The number of hydrogen-bond acceptors (Lipinski definition) is 5. The summed E-state index contributed by atoms with van der Waals surface area (Å²) in [5, 5.41) is 9.18. The molecule has 1 aliphatic heterocycles. The Hall–Kier alpha value is -1.74. The molecule has 1 amide bonds. The summed E-state index contributed by atoms with van der Waals surface area (Å²) < 4.78 is 0. The van der Waals surface area contributed by atoms with Crippen LogP contribution in [0, 0.1) is 11.3 Å². The van der Waals surface area contributed by atoms with E-state index >= 15 is 0 Å². The number of aromatic nitrogens is 1. The molecular weight excluding hydrogens is 284 g/mol. The van der Waals surface area contributed by atoms with E-state index in [1.165, 1.54) is 0 Å². The molecule has 1 atom stereocenters. The quantitative estimate of drug-likeness (QED) is 0.851. The van der Waals surface area contributed by atoms with Gasteiger partial charge in [0.1, 0.15) is 11.9 Å². The predicted molar refractivity (Wildman–Crippen MR) is 85.3 cm³/mol. The number of anilines is 1. The Kier molecular flexibility index (Phi) is 5.45. The van der Waals surface area contributed by atoms with E-state index in [4.69, 9.17) is 0 Å². The molecule has 0 spiro atoms. The number of nitrogens with zero attached hydrogens (tertiary/aromatic N) is 4. The molecule has 0 N–H and O–H groups in total. The van der Waals surface area contributed by atoms with E-state index in [9.17, 15) is 10.1 Å². The van der Waals surface area contributed by atoms with Crippen LogP contribution in [0.3, 0.4) is 0 Å². The van der Waals surface area contributed by atoms with Crippen molar-refractivity contribution in [2.75, 3.05) is 37.3 Å². The molecule has 5 nitrogen and oxygen atoms in total. The third kappa shape index (κ3) is 3.67. The first kappa shape index (κ1) is 15.6. The molecule has 0 saturated carbocycles. The zero-order chi connectivity index (χ0) is 15.2. The highest BCUT2D eigenvalue weighted by atomic mass is 32.2. The van der Waals surface area contributed by atoms with Crippen LogP contribution in [0.15, 0.2) is 18.3 Å². The minimum atomic E-state index is 0.000990. The topological polar surface area (TPSA) is 60.2 Å². The van der Waals surface area contributed by atoms with Gasteiger partial charge in [-0.05, 0) is 31.7 Å². The number of amides is 1. The minimum Gasteiger partial charge on any atom is -0.354 e. The molecule has 112 valence electrons. The summed E-state index contributed by atoms with van der Waals surface area (Å²) in [7, 11) is 0. The van der Waals surface area contributed by atoms with Crippen molar-refractivity contribution in [2.24, 2.45) is 0 Å². The lowest BCUT2D eigenvalue weighted by Gasteiger charge is -2.24. The van der Waals surface area contributed by atoms with Crippen molar-refractivity contribution >= 4 is 23.5 Å². The van der Waals surface area contributed by atoms with Crippen LogP contribution in [0.25, 0.3) is 0 Å². The van der Waals surface area contributed by atoms with E-state index in [0.717, 1.165) is 31.9 Å². The Morgan fingerprint density at radius 1 is 1.43 bits per heavy atom. The van der Waals surface area contributed by atoms with Gasteiger partial charge in [-0.25, -0.2) is 4.98 Å². The summed E-state index contributed by atoms with van der Waals surface area (Å²) in [6.45, 7) is 4.95. The van der Waals surface area contributed by atoms with E-state index < -0.39 is 0 Å². The number of carbonyl (C=O) groups is 1. The highest BCUT2D eigenvalue weighted by Gasteiger charge is 2.24. The van der Waals surface area contributed by atoms with Crippen molar-refractivity contribution < 1.29 is 4.79 Å². The zero-order valence-corrected chi connectivity index (χ0v) is 13.3. The summed E-state index contributed by atoms with van der Waals surface area (Å²) in [4.78, 5) is 20.6. The number of hydrogen-bond donors (Lipinski definition) is 0. The van der Waals surface area contributed by atoms with E-state index in [1.807, 2.05) is 18.1 Å². The van der Waals surface area contributed by atoms with Crippen LogP contribution in [0.4, 0.5) is 5.82 Å². The van der Waals surface area contributed by atoms with Crippen molar-refractivity contribution in [1.29, 1.82) is 5.26 Å². The SMILES string of the molecule is CSC(C)C(=O)N1CCCN(c2ncccc2C#N)CC1. The number of carbonyl (C=O) groups excluding carboxylic acids is 1. The maximum atomic E-state index is 12.3. The first-order chi connectivity index (χ1) is 10.2. The smallest absolute Gasteiger partial charge is 0.235 e. The second kappa shape index (κ2) is 7.32.